The molecular formula is C16H20Cl2N6. The van der Waals surface area contributed by atoms with Gasteiger partial charge >= 0.3 is 0 Å². The lowest BCUT2D eigenvalue weighted by Gasteiger charge is -2.23. The molecular weight excluding hydrogens is 347 g/mol. The molecule has 0 spiro atoms. The lowest BCUT2D eigenvalue weighted by molar-refractivity contribution is 0.658. The number of hydrogen-bond donors (Lipinski definition) is 2. The topological polar surface area (TPSA) is 94.6 Å². The van der Waals surface area contributed by atoms with Crippen LogP contribution < -0.4 is 11.5 Å². The van der Waals surface area contributed by atoms with Gasteiger partial charge in [-0.3, -0.25) is 4.68 Å². The molecule has 1 aromatic carbocycles. The van der Waals surface area contributed by atoms with Gasteiger partial charge in [-0.1, -0.05) is 29.8 Å². The number of benzene rings is 1. The van der Waals surface area contributed by atoms with Gasteiger partial charge in [-0.25, -0.2) is 0 Å². The molecule has 0 saturated heterocycles. The summed E-state index contributed by atoms with van der Waals surface area (Å²) in [6.07, 6.45) is 1.54. The van der Waals surface area contributed by atoms with Crippen molar-refractivity contribution in [2.45, 2.75) is 25.7 Å². The summed E-state index contributed by atoms with van der Waals surface area (Å²) >= 11 is 6.36. The summed E-state index contributed by atoms with van der Waals surface area (Å²) in [6.45, 7) is 2.02. The highest BCUT2D eigenvalue weighted by Crippen LogP contribution is 2.36. The average Bonchev–Trinajstić information content (AvgIpc) is 2.80. The predicted octanol–water partition coefficient (Wildman–Crippen LogP) is 2.51. The van der Waals surface area contributed by atoms with Crippen LogP contribution in [0.5, 0.6) is 0 Å². The molecule has 8 heteroatoms. The minimum Gasteiger partial charge on any atom is -0.369 e. The van der Waals surface area contributed by atoms with Gasteiger partial charge in [0.1, 0.15) is 0 Å². The number of aryl methyl sites for hydroxylation is 1. The first-order chi connectivity index (χ1) is 11.0. The average molecular weight is 367 g/mol. The molecule has 128 valence electrons. The maximum absolute atomic E-state index is 6.36. The number of rotatable bonds is 2. The van der Waals surface area contributed by atoms with E-state index >= 15 is 0 Å². The number of fused-ring (bicyclic) bond motifs is 1. The van der Waals surface area contributed by atoms with Gasteiger partial charge in [-0.15, -0.1) is 17.5 Å². The Morgan fingerprint density at radius 2 is 2.00 bits per heavy atom. The Hall–Kier alpha value is -2.05. The lowest BCUT2D eigenvalue weighted by Crippen LogP contribution is -2.23. The van der Waals surface area contributed by atoms with Crippen LogP contribution in [0.3, 0.4) is 0 Å². The van der Waals surface area contributed by atoms with Crippen molar-refractivity contribution in [1.82, 2.24) is 9.78 Å². The zero-order valence-electron chi connectivity index (χ0n) is 13.5. The first-order valence-corrected chi connectivity index (χ1v) is 7.78. The monoisotopic (exact) mass is 366 g/mol. The molecule has 0 amide bonds. The van der Waals surface area contributed by atoms with E-state index in [9.17, 15) is 0 Å². The lowest BCUT2D eigenvalue weighted by atomic mass is 9.81. The first kappa shape index (κ1) is 18.3. The number of aromatic nitrogens is 2. The Kier molecular flexibility index (Phi) is 5.51. The Morgan fingerprint density at radius 3 is 2.67 bits per heavy atom. The fraction of sp³-hybridized carbons (Fsp3) is 0.312. The van der Waals surface area contributed by atoms with Gasteiger partial charge in [0, 0.05) is 23.3 Å². The summed E-state index contributed by atoms with van der Waals surface area (Å²) < 4.78 is 1.87. The van der Waals surface area contributed by atoms with Crippen molar-refractivity contribution < 1.29 is 0 Å². The second-order valence-corrected chi connectivity index (χ2v) is 6.14. The highest BCUT2D eigenvalue weighted by Gasteiger charge is 2.30. The van der Waals surface area contributed by atoms with Crippen molar-refractivity contribution in [2.75, 3.05) is 0 Å². The summed E-state index contributed by atoms with van der Waals surface area (Å²) in [5.74, 6) is 0.152. The van der Waals surface area contributed by atoms with Crippen LogP contribution in [0.2, 0.25) is 5.02 Å². The van der Waals surface area contributed by atoms with E-state index in [-0.39, 0.29) is 24.3 Å². The summed E-state index contributed by atoms with van der Waals surface area (Å²) in [6, 6.07) is 7.88. The molecule has 0 bridgehead atoms. The van der Waals surface area contributed by atoms with Gasteiger partial charge in [-0.2, -0.15) is 10.2 Å². The number of nitrogens with zero attached hydrogens (tertiary/aromatic N) is 4. The van der Waals surface area contributed by atoms with Crippen molar-refractivity contribution >= 4 is 35.7 Å². The van der Waals surface area contributed by atoms with E-state index in [1.54, 1.807) is 0 Å². The smallest absolute Gasteiger partial charge is 0.211 e. The molecule has 1 aliphatic carbocycles. The molecule has 0 saturated carbocycles. The molecule has 0 radical (unpaired) electrons. The van der Waals surface area contributed by atoms with E-state index < -0.39 is 0 Å². The van der Waals surface area contributed by atoms with Crippen LogP contribution in [0, 0.1) is 6.92 Å². The van der Waals surface area contributed by atoms with Gasteiger partial charge in [0.05, 0.1) is 11.4 Å². The second-order valence-electron chi connectivity index (χ2n) is 5.73. The molecule has 1 aliphatic rings. The molecule has 1 atom stereocenters. The van der Waals surface area contributed by atoms with Crippen LogP contribution in [0.1, 0.15) is 34.9 Å². The van der Waals surface area contributed by atoms with Crippen LogP contribution in [-0.4, -0.2) is 21.5 Å². The van der Waals surface area contributed by atoms with E-state index in [2.05, 4.69) is 15.3 Å². The standard InChI is InChI=1S/C16H19ClN6.ClH/c1-9-15-13(20-21-16(18)19)7-10(8-14(15)22-23(9)2)11-5-3-4-6-12(11)17;/h3-6,10H,7-8H2,1-2H3,(H4,18,19,21);1H. The van der Waals surface area contributed by atoms with E-state index in [0.717, 1.165) is 46.1 Å². The van der Waals surface area contributed by atoms with Crippen molar-refractivity contribution in [3.05, 3.63) is 51.8 Å². The summed E-state index contributed by atoms with van der Waals surface area (Å²) in [4.78, 5) is 0. The Bertz CT molecular complexity index is 805. The molecule has 4 N–H and O–H groups in total. The van der Waals surface area contributed by atoms with Gasteiger partial charge in [0.25, 0.3) is 0 Å². The Balaban J connectivity index is 0.00000208. The Labute approximate surface area is 152 Å². The molecule has 2 aromatic rings. The maximum Gasteiger partial charge on any atom is 0.211 e. The fourth-order valence-corrected chi connectivity index (χ4v) is 3.36. The van der Waals surface area contributed by atoms with Crippen LogP contribution in [-0.2, 0) is 13.5 Å². The van der Waals surface area contributed by atoms with E-state index in [1.165, 1.54) is 0 Å². The van der Waals surface area contributed by atoms with Crippen LogP contribution in [0.25, 0.3) is 0 Å². The van der Waals surface area contributed by atoms with Gasteiger partial charge in [0.2, 0.25) is 5.96 Å². The highest BCUT2D eigenvalue weighted by atomic mass is 35.5. The largest absolute Gasteiger partial charge is 0.369 e. The van der Waals surface area contributed by atoms with Gasteiger partial charge < -0.3 is 11.5 Å². The van der Waals surface area contributed by atoms with Gasteiger partial charge in [-0.05, 0) is 37.3 Å². The van der Waals surface area contributed by atoms with Crippen molar-refractivity contribution in [3.63, 3.8) is 0 Å². The minimum absolute atomic E-state index is 0. The number of nitrogens with two attached hydrogens (primary N) is 2. The molecule has 1 unspecified atom stereocenters. The highest BCUT2D eigenvalue weighted by molar-refractivity contribution is 6.31. The van der Waals surface area contributed by atoms with Gasteiger partial charge in [0.15, 0.2) is 0 Å². The zero-order valence-corrected chi connectivity index (χ0v) is 15.1. The van der Waals surface area contributed by atoms with Crippen LogP contribution in [0.4, 0.5) is 0 Å². The summed E-state index contributed by atoms with van der Waals surface area (Å²) in [5, 5.41) is 13.5. The summed E-state index contributed by atoms with van der Waals surface area (Å²) in [5.41, 5.74) is 15.9. The molecule has 6 nitrogen and oxygen atoms in total. The zero-order chi connectivity index (χ0) is 16.6. The van der Waals surface area contributed by atoms with E-state index in [4.69, 9.17) is 23.1 Å². The second kappa shape index (κ2) is 7.23. The van der Waals surface area contributed by atoms with Crippen molar-refractivity contribution in [1.29, 1.82) is 0 Å². The summed E-state index contributed by atoms with van der Waals surface area (Å²) in [7, 11) is 1.93. The fourth-order valence-electron chi connectivity index (χ4n) is 3.07. The molecule has 3 rings (SSSR count). The SMILES string of the molecule is Cc1c2c(nn1C)CC(c1ccccc1Cl)CC2=NN=C(N)N.Cl. The van der Waals surface area contributed by atoms with Crippen molar-refractivity contribution in [2.24, 2.45) is 28.7 Å². The van der Waals surface area contributed by atoms with Crippen molar-refractivity contribution in [3.8, 4) is 0 Å². The number of guanidine groups is 1. The molecule has 0 aliphatic heterocycles. The molecule has 0 fully saturated rings. The third-order valence-electron chi connectivity index (χ3n) is 4.21. The van der Waals surface area contributed by atoms with Crippen LogP contribution in [0.15, 0.2) is 34.5 Å². The molecule has 1 aromatic heterocycles. The minimum atomic E-state index is -0.0551. The normalized spacial score (nSPS) is 18.0. The third kappa shape index (κ3) is 3.39. The van der Waals surface area contributed by atoms with Crippen LogP contribution >= 0.6 is 24.0 Å². The maximum atomic E-state index is 6.36. The quantitative estimate of drug-likeness (QED) is 0.485. The first-order valence-electron chi connectivity index (χ1n) is 7.40. The van der Waals surface area contributed by atoms with E-state index in [1.807, 2.05) is 42.9 Å². The molecule has 24 heavy (non-hydrogen) atoms. The number of hydrogen-bond acceptors (Lipinski definition) is 3. The third-order valence-corrected chi connectivity index (χ3v) is 4.55. The Morgan fingerprint density at radius 1 is 1.29 bits per heavy atom. The molecule has 1 heterocycles. The van der Waals surface area contributed by atoms with E-state index in [0.29, 0.717) is 0 Å². The predicted molar refractivity (Wildman–Crippen MR) is 100 cm³/mol. The number of halogens is 2.